The number of hydrogen-bond donors (Lipinski definition) is 2. The smallest absolute Gasteiger partial charge is 0.239 e. The van der Waals surface area contributed by atoms with E-state index in [0.717, 1.165) is 19.5 Å². The third-order valence-electron chi connectivity index (χ3n) is 3.85. The van der Waals surface area contributed by atoms with E-state index < -0.39 is 5.54 Å². The number of halogens is 2. The maximum absolute atomic E-state index is 11.9. The van der Waals surface area contributed by atoms with Gasteiger partial charge in [0.1, 0.15) is 0 Å². The Morgan fingerprint density at radius 3 is 2.45 bits per heavy atom. The highest BCUT2D eigenvalue weighted by atomic mass is 35.5. The van der Waals surface area contributed by atoms with Gasteiger partial charge in [0.2, 0.25) is 5.91 Å². The highest BCUT2D eigenvalue weighted by Gasteiger charge is 2.32. The molecule has 6 heteroatoms. The molecule has 0 spiro atoms. The van der Waals surface area contributed by atoms with Crippen molar-refractivity contribution in [1.82, 2.24) is 10.2 Å². The van der Waals surface area contributed by atoms with Gasteiger partial charge in [-0.3, -0.25) is 9.69 Å². The fourth-order valence-electron chi connectivity index (χ4n) is 2.61. The molecule has 2 rings (SSSR count). The number of nitrogens with two attached hydrogens (primary N) is 1. The maximum atomic E-state index is 11.9. The van der Waals surface area contributed by atoms with Gasteiger partial charge in [-0.25, -0.2) is 0 Å². The lowest BCUT2D eigenvalue weighted by Gasteiger charge is -2.22. The first-order chi connectivity index (χ1) is 9.36. The summed E-state index contributed by atoms with van der Waals surface area (Å²) in [5, 5.41) is 3.06. The molecule has 0 saturated carbocycles. The number of hydrogen-bond acceptors (Lipinski definition) is 3. The van der Waals surface area contributed by atoms with Crippen LogP contribution in [0.1, 0.15) is 32.8 Å². The molecule has 2 unspecified atom stereocenters. The first kappa shape index (κ1) is 21.2. The van der Waals surface area contributed by atoms with E-state index in [1.54, 1.807) is 13.8 Å². The monoisotopic (exact) mass is 347 g/mol. The normalized spacial score (nSPS) is 21.6. The van der Waals surface area contributed by atoms with E-state index in [0.29, 0.717) is 6.04 Å². The van der Waals surface area contributed by atoms with Crippen LogP contribution in [-0.4, -0.2) is 35.0 Å². The van der Waals surface area contributed by atoms with E-state index in [-0.39, 0.29) is 36.8 Å². The van der Waals surface area contributed by atoms with Gasteiger partial charge in [-0.1, -0.05) is 30.3 Å². The molecule has 1 aromatic carbocycles. The van der Waals surface area contributed by atoms with Crippen molar-refractivity contribution >= 4 is 30.7 Å². The van der Waals surface area contributed by atoms with Gasteiger partial charge in [0.25, 0.3) is 0 Å². The van der Waals surface area contributed by atoms with Crippen molar-refractivity contribution in [3.05, 3.63) is 35.9 Å². The van der Waals surface area contributed by atoms with Gasteiger partial charge in [0.15, 0.2) is 0 Å². The molecule has 0 aromatic heterocycles. The van der Waals surface area contributed by atoms with Crippen LogP contribution in [0.5, 0.6) is 0 Å². The van der Waals surface area contributed by atoms with Gasteiger partial charge in [-0.15, -0.1) is 24.8 Å². The standard InChI is InChI=1S/C16H25N3O.2ClH/c1-12-9-14(18-15(20)16(2,3)17)11-19(12)10-13-7-5-4-6-8-13;;/h4-8,12,14H,9-11,17H2,1-3H3,(H,18,20);2*1H. The Hall–Kier alpha value is -0.810. The zero-order valence-corrected chi connectivity index (χ0v) is 15.0. The summed E-state index contributed by atoms with van der Waals surface area (Å²) in [6.45, 7) is 7.51. The van der Waals surface area contributed by atoms with Crippen molar-refractivity contribution in [2.24, 2.45) is 5.73 Å². The summed E-state index contributed by atoms with van der Waals surface area (Å²) in [7, 11) is 0. The molecule has 1 aliphatic heterocycles. The molecule has 1 aromatic rings. The van der Waals surface area contributed by atoms with Crippen LogP contribution in [0.15, 0.2) is 30.3 Å². The van der Waals surface area contributed by atoms with Crippen LogP contribution in [0, 0.1) is 0 Å². The fourth-order valence-corrected chi connectivity index (χ4v) is 2.61. The van der Waals surface area contributed by atoms with Gasteiger partial charge < -0.3 is 11.1 Å². The summed E-state index contributed by atoms with van der Waals surface area (Å²) in [5.74, 6) is -0.0729. The van der Waals surface area contributed by atoms with E-state index in [1.165, 1.54) is 5.56 Å². The number of carbonyl (C=O) groups excluding carboxylic acids is 1. The topological polar surface area (TPSA) is 58.4 Å². The number of carbonyl (C=O) groups is 1. The largest absolute Gasteiger partial charge is 0.350 e. The van der Waals surface area contributed by atoms with Crippen LogP contribution in [0.3, 0.4) is 0 Å². The third-order valence-corrected chi connectivity index (χ3v) is 3.85. The molecular formula is C16H27Cl2N3O. The molecule has 2 atom stereocenters. The number of nitrogens with zero attached hydrogens (tertiary/aromatic N) is 1. The van der Waals surface area contributed by atoms with Crippen LogP contribution in [0.2, 0.25) is 0 Å². The first-order valence-corrected chi connectivity index (χ1v) is 7.24. The Labute approximate surface area is 145 Å². The summed E-state index contributed by atoms with van der Waals surface area (Å²) < 4.78 is 0. The van der Waals surface area contributed by atoms with Gasteiger partial charge in [0.05, 0.1) is 5.54 Å². The van der Waals surface area contributed by atoms with Crippen molar-refractivity contribution in [3.63, 3.8) is 0 Å². The molecular weight excluding hydrogens is 321 g/mol. The molecule has 0 aliphatic carbocycles. The number of rotatable bonds is 4. The van der Waals surface area contributed by atoms with Gasteiger partial charge in [0, 0.05) is 25.2 Å². The molecule has 0 radical (unpaired) electrons. The lowest BCUT2D eigenvalue weighted by molar-refractivity contribution is -0.125. The first-order valence-electron chi connectivity index (χ1n) is 7.24. The van der Waals surface area contributed by atoms with Crippen LogP contribution in [-0.2, 0) is 11.3 Å². The van der Waals surface area contributed by atoms with Crippen LogP contribution < -0.4 is 11.1 Å². The highest BCUT2D eigenvalue weighted by Crippen LogP contribution is 2.20. The van der Waals surface area contributed by atoms with Crippen molar-refractivity contribution in [3.8, 4) is 0 Å². The zero-order chi connectivity index (χ0) is 14.8. The van der Waals surface area contributed by atoms with Gasteiger partial charge in [-0.2, -0.15) is 0 Å². The van der Waals surface area contributed by atoms with Crippen LogP contribution >= 0.6 is 24.8 Å². The number of nitrogens with one attached hydrogen (secondary N) is 1. The summed E-state index contributed by atoms with van der Waals surface area (Å²) >= 11 is 0. The molecule has 1 fully saturated rings. The number of likely N-dealkylation sites (tertiary alicyclic amines) is 1. The quantitative estimate of drug-likeness (QED) is 0.878. The molecule has 4 nitrogen and oxygen atoms in total. The second-order valence-corrected chi connectivity index (χ2v) is 6.39. The zero-order valence-electron chi connectivity index (χ0n) is 13.4. The SMILES string of the molecule is CC1CC(NC(=O)C(C)(C)N)CN1Cc1ccccc1.Cl.Cl. The van der Waals surface area contributed by atoms with Crippen LogP contribution in [0.25, 0.3) is 0 Å². The summed E-state index contributed by atoms with van der Waals surface area (Å²) in [5.41, 5.74) is 6.33. The van der Waals surface area contributed by atoms with Gasteiger partial charge in [-0.05, 0) is 32.8 Å². The Balaban J connectivity index is 0.00000220. The Kier molecular flexibility index (Phi) is 8.40. The van der Waals surface area contributed by atoms with Crippen molar-refractivity contribution in [2.75, 3.05) is 6.54 Å². The summed E-state index contributed by atoms with van der Waals surface area (Å²) in [6.07, 6.45) is 0.981. The molecule has 1 aliphatic rings. The van der Waals surface area contributed by atoms with E-state index in [9.17, 15) is 4.79 Å². The molecule has 126 valence electrons. The average molecular weight is 348 g/mol. The second kappa shape index (κ2) is 8.73. The summed E-state index contributed by atoms with van der Waals surface area (Å²) in [6, 6.07) is 11.1. The number of amides is 1. The minimum Gasteiger partial charge on any atom is -0.350 e. The van der Waals surface area contributed by atoms with E-state index in [2.05, 4.69) is 41.4 Å². The predicted molar refractivity (Wildman–Crippen MR) is 95.6 cm³/mol. The van der Waals surface area contributed by atoms with Crippen LogP contribution in [0.4, 0.5) is 0 Å². The molecule has 1 saturated heterocycles. The molecule has 22 heavy (non-hydrogen) atoms. The Morgan fingerprint density at radius 1 is 1.32 bits per heavy atom. The lowest BCUT2D eigenvalue weighted by atomic mass is 10.1. The molecule has 1 heterocycles. The molecule has 1 amide bonds. The average Bonchev–Trinajstić information content (AvgIpc) is 2.70. The van der Waals surface area contributed by atoms with E-state index in [1.807, 2.05) is 6.07 Å². The highest BCUT2D eigenvalue weighted by molar-refractivity contribution is 5.86. The summed E-state index contributed by atoms with van der Waals surface area (Å²) in [4.78, 5) is 14.3. The third kappa shape index (κ3) is 5.76. The van der Waals surface area contributed by atoms with E-state index in [4.69, 9.17) is 5.73 Å². The minimum atomic E-state index is -0.809. The number of benzene rings is 1. The van der Waals surface area contributed by atoms with Crippen molar-refractivity contribution in [1.29, 1.82) is 0 Å². The molecule has 3 N–H and O–H groups in total. The van der Waals surface area contributed by atoms with Crippen molar-refractivity contribution < 1.29 is 4.79 Å². The van der Waals surface area contributed by atoms with Crippen molar-refractivity contribution in [2.45, 2.75) is 51.4 Å². The fraction of sp³-hybridized carbons (Fsp3) is 0.562. The maximum Gasteiger partial charge on any atom is 0.239 e. The molecule has 0 bridgehead atoms. The predicted octanol–water partition coefficient (Wildman–Crippen LogP) is 2.35. The van der Waals surface area contributed by atoms with E-state index >= 15 is 0 Å². The van der Waals surface area contributed by atoms with Gasteiger partial charge >= 0.3 is 0 Å². The Morgan fingerprint density at radius 2 is 1.91 bits per heavy atom. The lowest BCUT2D eigenvalue weighted by Crippen LogP contribution is -2.52. The minimum absolute atomic E-state index is 0. The second-order valence-electron chi connectivity index (χ2n) is 6.39. The Bertz CT molecular complexity index is 462.